The molecule has 11 rings (SSSR count). The molecule has 7 heteroatoms. The zero-order chi connectivity index (χ0) is 34.9. The number of hydrogen-bond donors (Lipinski definition) is 0. The monoisotopic (exact) mass is 698 g/mol. The Morgan fingerprint density at radius 1 is 0.377 bits per heavy atom. The van der Waals surface area contributed by atoms with Crippen molar-refractivity contribution >= 4 is 64.5 Å². The van der Waals surface area contributed by atoms with E-state index >= 15 is 0 Å². The fraction of sp³-hybridized carbons (Fsp3) is 0. The first-order valence-electron chi connectivity index (χ1n) is 17.4. The molecule has 0 radical (unpaired) electrons. The molecule has 0 N–H and O–H groups in total. The molecule has 0 unspecified atom stereocenters. The number of benzene rings is 7. The van der Waals surface area contributed by atoms with Gasteiger partial charge >= 0.3 is 0 Å². The van der Waals surface area contributed by atoms with Crippen molar-refractivity contribution in [2.75, 3.05) is 0 Å². The van der Waals surface area contributed by atoms with Crippen molar-refractivity contribution in [2.24, 2.45) is 0 Å². The van der Waals surface area contributed by atoms with Crippen LogP contribution < -0.4 is 0 Å². The van der Waals surface area contributed by atoms with Gasteiger partial charge in [-0.15, -0.1) is 11.3 Å². The van der Waals surface area contributed by atoms with Crippen molar-refractivity contribution in [1.82, 2.24) is 19.9 Å². The lowest BCUT2D eigenvalue weighted by Gasteiger charge is -2.10. The van der Waals surface area contributed by atoms with Crippen molar-refractivity contribution in [2.45, 2.75) is 0 Å². The third kappa shape index (κ3) is 4.93. The van der Waals surface area contributed by atoms with Crippen LogP contribution >= 0.6 is 11.3 Å². The summed E-state index contributed by atoms with van der Waals surface area (Å²) < 4.78 is 14.8. The molecule has 248 valence electrons. The molecule has 0 amide bonds. The number of fused-ring (bicyclic) bond motifs is 7. The average Bonchev–Trinajstić information content (AvgIpc) is 3.93. The first kappa shape index (κ1) is 29.7. The molecule has 0 bridgehead atoms. The van der Waals surface area contributed by atoms with Gasteiger partial charge in [0.15, 0.2) is 23.1 Å². The lowest BCUT2D eigenvalue weighted by atomic mass is 10.0. The van der Waals surface area contributed by atoms with E-state index in [1.165, 1.54) is 5.56 Å². The number of para-hydroxylation sites is 1. The Morgan fingerprint density at radius 3 is 1.79 bits per heavy atom. The molecule has 0 spiro atoms. The minimum absolute atomic E-state index is 0.587. The molecule has 11 aromatic rings. The maximum absolute atomic E-state index is 6.36. The zero-order valence-electron chi connectivity index (χ0n) is 28.0. The van der Waals surface area contributed by atoms with Gasteiger partial charge in [0, 0.05) is 59.3 Å². The summed E-state index contributed by atoms with van der Waals surface area (Å²) in [6.07, 6.45) is 0. The highest BCUT2D eigenvalue weighted by atomic mass is 32.1. The minimum Gasteiger partial charge on any atom is -0.456 e. The van der Waals surface area contributed by atoms with Crippen LogP contribution in [0.25, 0.3) is 110 Å². The Morgan fingerprint density at radius 2 is 1.00 bits per heavy atom. The Labute approximate surface area is 306 Å². The molecule has 4 heterocycles. The van der Waals surface area contributed by atoms with Crippen LogP contribution in [0.1, 0.15) is 0 Å². The van der Waals surface area contributed by atoms with Crippen LogP contribution in [0.3, 0.4) is 0 Å². The van der Waals surface area contributed by atoms with Crippen LogP contribution in [0.4, 0.5) is 0 Å². The molecule has 6 nitrogen and oxygen atoms in total. The van der Waals surface area contributed by atoms with Gasteiger partial charge in [0.25, 0.3) is 0 Å². The summed E-state index contributed by atoms with van der Waals surface area (Å²) >= 11 is 1.72. The Balaban J connectivity index is 1.08. The van der Waals surface area contributed by atoms with Crippen molar-refractivity contribution in [3.8, 4) is 56.7 Å². The highest BCUT2D eigenvalue weighted by Crippen LogP contribution is 2.43. The summed E-state index contributed by atoms with van der Waals surface area (Å²) in [5, 5.41) is 4.17. The van der Waals surface area contributed by atoms with Crippen molar-refractivity contribution in [3.05, 3.63) is 158 Å². The highest BCUT2D eigenvalue weighted by Gasteiger charge is 2.21. The van der Waals surface area contributed by atoms with E-state index in [1.54, 1.807) is 11.3 Å². The van der Waals surface area contributed by atoms with E-state index in [0.717, 1.165) is 81.0 Å². The Hall–Kier alpha value is -6.96. The summed E-state index contributed by atoms with van der Waals surface area (Å²) in [4.78, 5) is 20.4. The van der Waals surface area contributed by atoms with Crippen LogP contribution in [0, 0.1) is 0 Å². The van der Waals surface area contributed by atoms with Gasteiger partial charge in [0.1, 0.15) is 16.7 Å². The molecule has 53 heavy (non-hydrogen) atoms. The van der Waals surface area contributed by atoms with E-state index in [-0.39, 0.29) is 0 Å². The van der Waals surface area contributed by atoms with Crippen LogP contribution in [-0.4, -0.2) is 19.9 Å². The average molecular weight is 699 g/mol. The first-order chi connectivity index (χ1) is 26.2. The highest BCUT2D eigenvalue weighted by molar-refractivity contribution is 7.26. The number of oxazole rings is 1. The number of hydrogen-bond acceptors (Lipinski definition) is 7. The maximum atomic E-state index is 6.36. The van der Waals surface area contributed by atoms with E-state index in [4.69, 9.17) is 28.8 Å². The summed E-state index contributed by atoms with van der Waals surface area (Å²) in [7, 11) is 0. The van der Waals surface area contributed by atoms with E-state index in [2.05, 4.69) is 91.0 Å². The summed E-state index contributed by atoms with van der Waals surface area (Å²) in [5.74, 6) is 2.39. The molecule has 0 aliphatic carbocycles. The second-order valence-electron chi connectivity index (χ2n) is 13.0. The predicted octanol–water partition coefficient (Wildman–Crippen LogP) is 12.6. The molecule has 0 aliphatic heterocycles. The molecule has 0 atom stereocenters. The normalized spacial score (nSPS) is 11.8. The predicted molar refractivity (Wildman–Crippen MR) is 215 cm³/mol. The third-order valence-electron chi connectivity index (χ3n) is 9.80. The van der Waals surface area contributed by atoms with Crippen LogP contribution in [0.2, 0.25) is 0 Å². The van der Waals surface area contributed by atoms with Crippen molar-refractivity contribution < 1.29 is 8.83 Å². The SMILES string of the molecule is c1ccc(-c2ccc(-c3nc4cc5c(cc4o3)sc3cccc(-c4nc(-c6ccccc6)nc(-c6cccc7oc8ccccc8c67)n4)c35)cc2)cc1. The summed E-state index contributed by atoms with van der Waals surface area (Å²) in [6.45, 7) is 0. The first-order valence-corrected chi connectivity index (χ1v) is 18.2. The molecular weight excluding hydrogens is 673 g/mol. The largest absolute Gasteiger partial charge is 0.456 e. The molecule has 7 aromatic carbocycles. The Kier molecular flexibility index (Phi) is 6.62. The molecule has 0 fully saturated rings. The van der Waals surface area contributed by atoms with Crippen LogP contribution in [-0.2, 0) is 0 Å². The summed E-state index contributed by atoms with van der Waals surface area (Å²) in [5.41, 5.74) is 9.16. The molecule has 0 saturated carbocycles. The van der Waals surface area contributed by atoms with Gasteiger partial charge in [0.2, 0.25) is 5.89 Å². The number of aromatic nitrogens is 4. The zero-order valence-corrected chi connectivity index (χ0v) is 28.8. The smallest absolute Gasteiger partial charge is 0.227 e. The van der Waals surface area contributed by atoms with E-state index in [0.29, 0.717) is 23.4 Å². The minimum atomic E-state index is 0.587. The molecular formula is C46H26N4O2S. The summed E-state index contributed by atoms with van der Waals surface area (Å²) in [6, 6.07) is 53.5. The van der Waals surface area contributed by atoms with Crippen LogP contribution in [0.5, 0.6) is 0 Å². The van der Waals surface area contributed by atoms with Crippen LogP contribution in [0.15, 0.2) is 167 Å². The molecule has 4 aromatic heterocycles. The second-order valence-corrected chi connectivity index (χ2v) is 14.1. The standard InChI is InChI=1S/C46H26N4O2S/c1-3-11-27(12-4-1)28-21-23-30(24-22-28)46-47-35-25-34-40(26-38(35)52-46)53-39-20-10-17-33(42(34)39)45-49-43(29-13-5-2-6-14-29)48-44(50-45)32-16-9-19-37-41(32)31-15-7-8-18-36(31)51-37/h1-26H. The van der Waals surface area contributed by atoms with Gasteiger partial charge in [-0.25, -0.2) is 19.9 Å². The van der Waals surface area contributed by atoms with Gasteiger partial charge in [-0.2, -0.15) is 0 Å². The topological polar surface area (TPSA) is 77.8 Å². The van der Waals surface area contributed by atoms with Gasteiger partial charge in [0.05, 0.1) is 0 Å². The van der Waals surface area contributed by atoms with E-state index in [1.807, 2.05) is 66.7 Å². The maximum Gasteiger partial charge on any atom is 0.227 e. The number of furan rings is 1. The second kappa shape index (κ2) is 11.8. The fourth-order valence-corrected chi connectivity index (χ4v) is 8.43. The van der Waals surface area contributed by atoms with Crippen molar-refractivity contribution in [1.29, 1.82) is 0 Å². The lowest BCUT2D eigenvalue weighted by Crippen LogP contribution is -2.00. The van der Waals surface area contributed by atoms with Gasteiger partial charge < -0.3 is 8.83 Å². The number of thiophene rings is 1. The third-order valence-corrected chi connectivity index (χ3v) is 10.9. The Bertz CT molecular complexity index is 3160. The van der Waals surface area contributed by atoms with Gasteiger partial charge in [-0.05, 0) is 47.5 Å². The quantitative estimate of drug-likeness (QED) is 0.178. The number of rotatable bonds is 5. The van der Waals surface area contributed by atoms with Crippen molar-refractivity contribution in [3.63, 3.8) is 0 Å². The van der Waals surface area contributed by atoms with E-state index < -0.39 is 0 Å². The fourth-order valence-electron chi connectivity index (χ4n) is 7.29. The number of nitrogens with zero attached hydrogens (tertiary/aromatic N) is 4. The molecule has 0 aliphatic rings. The van der Waals surface area contributed by atoms with E-state index in [9.17, 15) is 0 Å². The lowest BCUT2D eigenvalue weighted by molar-refractivity contribution is 0.620. The van der Waals surface area contributed by atoms with Gasteiger partial charge in [-0.1, -0.05) is 115 Å². The van der Waals surface area contributed by atoms with Gasteiger partial charge in [-0.3, -0.25) is 0 Å². The molecule has 0 saturated heterocycles.